The van der Waals surface area contributed by atoms with Crippen molar-refractivity contribution in [3.05, 3.63) is 34.3 Å². The highest BCUT2D eigenvalue weighted by Gasteiger charge is 2.43. The Labute approximate surface area is 132 Å². The van der Waals surface area contributed by atoms with Gasteiger partial charge in [-0.2, -0.15) is 0 Å². The van der Waals surface area contributed by atoms with Crippen LogP contribution in [0.2, 0.25) is 5.02 Å². The van der Waals surface area contributed by atoms with Crippen LogP contribution in [0.5, 0.6) is 0 Å². The maximum atomic E-state index is 13.7. The minimum atomic E-state index is -0.381. The molecule has 5 heteroatoms. The summed E-state index contributed by atoms with van der Waals surface area (Å²) in [6.45, 7) is 0. The second-order valence-corrected chi connectivity index (χ2v) is 7.64. The summed E-state index contributed by atoms with van der Waals surface area (Å²) in [5.41, 5.74) is 0.950. The van der Waals surface area contributed by atoms with E-state index in [-0.39, 0.29) is 5.82 Å². The number of aromatic nitrogens is 2. The van der Waals surface area contributed by atoms with Crippen molar-refractivity contribution in [3.63, 3.8) is 0 Å². The van der Waals surface area contributed by atoms with E-state index in [0.717, 1.165) is 30.5 Å². The fourth-order valence-corrected chi connectivity index (χ4v) is 5.48. The number of rotatable bonds is 0. The molecule has 3 heterocycles. The van der Waals surface area contributed by atoms with Gasteiger partial charge >= 0.3 is 0 Å². The third-order valence-electron chi connectivity index (χ3n) is 5.84. The third-order valence-corrected chi connectivity index (χ3v) is 6.14. The molecule has 2 aromatic rings. The van der Waals surface area contributed by atoms with Crippen LogP contribution in [-0.2, 0) is 0 Å². The van der Waals surface area contributed by atoms with E-state index in [4.69, 9.17) is 22.0 Å². The normalized spacial score (nSPS) is 32.3. The van der Waals surface area contributed by atoms with Crippen molar-refractivity contribution in [1.29, 1.82) is 5.41 Å². The SMILES string of the molecule is N=c1c2c(Cl)cc(F)cc2nc2n1C1CC3CC(CC2C3)C1. The molecule has 0 amide bonds. The Morgan fingerprint density at radius 2 is 1.86 bits per heavy atom. The highest BCUT2D eigenvalue weighted by molar-refractivity contribution is 6.35. The molecular formula is C17H17ClFN3. The average molecular weight is 318 g/mol. The van der Waals surface area contributed by atoms with Gasteiger partial charge in [0.15, 0.2) is 0 Å². The summed E-state index contributed by atoms with van der Waals surface area (Å²) in [6.07, 6.45) is 6.00. The van der Waals surface area contributed by atoms with Crippen LogP contribution < -0.4 is 5.49 Å². The Balaban J connectivity index is 1.87. The van der Waals surface area contributed by atoms with Crippen LogP contribution in [0.4, 0.5) is 4.39 Å². The van der Waals surface area contributed by atoms with Crippen LogP contribution in [0.15, 0.2) is 12.1 Å². The minimum absolute atomic E-state index is 0.298. The van der Waals surface area contributed by atoms with Gasteiger partial charge in [-0.25, -0.2) is 9.37 Å². The highest BCUT2D eigenvalue weighted by Crippen LogP contribution is 2.52. The van der Waals surface area contributed by atoms with E-state index < -0.39 is 0 Å². The van der Waals surface area contributed by atoms with Gasteiger partial charge in [-0.05, 0) is 50.0 Å². The maximum Gasteiger partial charge on any atom is 0.137 e. The van der Waals surface area contributed by atoms with E-state index in [9.17, 15) is 4.39 Å². The Kier molecular flexibility index (Phi) is 2.56. The number of hydrogen-bond acceptors (Lipinski definition) is 2. The molecule has 3 nitrogen and oxygen atoms in total. The highest BCUT2D eigenvalue weighted by atomic mass is 35.5. The summed E-state index contributed by atoms with van der Waals surface area (Å²) in [6, 6.07) is 3.07. The number of nitrogens with one attached hydrogen (secondary N) is 1. The molecule has 1 aromatic carbocycles. The standard InChI is InChI=1S/C17H17ClFN3/c18-13-6-11(19)7-14-15(13)16(20)22-12-4-8-1-9(5-12)3-10(2-8)17(22)21-14/h6-10,12,20H,1-5H2. The minimum Gasteiger partial charge on any atom is -0.311 e. The number of nitrogens with zero attached hydrogens (tertiary/aromatic N) is 2. The summed E-state index contributed by atoms with van der Waals surface area (Å²) in [5.74, 6) is 2.56. The molecule has 2 unspecified atom stereocenters. The molecule has 2 aliphatic carbocycles. The second-order valence-electron chi connectivity index (χ2n) is 7.23. The first-order valence-corrected chi connectivity index (χ1v) is 8.43. The Morgan fingerprint density at radius 1 is 1.14 bits per heavy atom. The van der Waals surface area contributed by atoms with Crippen LogP contribution in [0.25, 0.3) is 10.9 Å². The largest absolute Gasteiger partial charge is 0.311 e. The predicted molar refractivity (Wildman–Crippen MR) is 82.4 cm³/mol. The van der Waals surface area contributed by atoms with E-state index >= 15 is 0 Å². The lowest BCUT2D eigenvalue weighted by Crippen LogP contribution is -2.31. The zero-order chi connectivity index (χ0) is 15.0. The van der Waals surface area contributed by atoms with Crippen molar-refractivity contribution in [3.8, 4) is 0 Å². The first kappa shape index (κ1) is 13.1. The van der Waals surface area contributed by atoms with Gasteiger partial charge in [-0.1, -0.05) is 11.6 Å². The lowest BCUT2D eigenvalue weighted by Gasteiger charge is -2.37. The van der Waals surface area contributed by atoms with Crippen molar-refractivity contribution in [1.82, 2.24) is 9.55 Å². The van der Waals surface area contributed by atoms with Crippen LogP contribution in [-0.4, -0.2) is 9.55 Å². The summed E-state index contributed by atoms with van der Waals surface area (Å²) < 4.78 is 15.8. The van der Waals surface area contributed by atoms with Crippen LogP contribution in [0.3, 0.4) is 0 Å². The van der Waals surface area contributed by atoms with Gasteiger partial charge in [0.25, 0.3) is 0 Å². The molecule has 6 rings (SSSR count). The number of fused-ring (bicyclic) bond motifs is 1. The van der Waals surface area contributed by atoms with E-state index in [0.29, 0.717) is 33.4 Å². The van der Waals surface area contributed by atoms with E-state index in [1.807, 2.05) is 0 Å². The van der Waals surface area contributed by atoms with Gasteiger partial charge in [0, 0.05) is 18.0 Å². The lowest BCUT2D eigenvalue weighted by atomic mass is 9.68. The molecule has 2 atom stereocenters. The van der Waals surface area contributed by atoms with Crippen molar-refractivity contribution in [2.24, 2.45) is 11.8 Å². The zero-order valence-corrected chi connectivity index (χ0v) is 12.9. The summed E-state index contributed by atoms with van der Waals surface area (Å²) in [4.78, 5) is 4.77. The average Bonchev–Trinajstić information content (AvgIpc) is 2.60. The molecule has 4 aliphatic rings. The molecule has 1 aromatic heterocycles. The molecule has 114 valence electrons. The van der Waals surface area contributed by atoms with Crippen molar-refractivity contribution in [2.75, 3.05) is 0 Å². The summed E-state index contributed by atoms with van der Waals surface area (Å²) in [5, 5.41) is 9.56. The smallest absolute Gasteiger partial charge is 0.137 e. The fourth-order valence-electron chi connectivity index (χ4n) is 5.19. The zero-order valence-electron chi connectivity index (χ0n) is 12.1. The van der Waals surface area contributed by atoms with Crippen molar-refractivity contribution >= 4 is 22.5 Å². The molecule has 0 radical (unpaired) electrons. The number of halogens is 2. The molecule has 2 aliphatic heterocycles. The Bertz CT molecular complexity index is 845. The van der Waals surface area contributed by atoms with Crippen LogP contribution >= 0.6 is 11.6 Å². The van der Waals surface area contributed by atoms with Gasteiger partial charge in [-0.3, -0.25) is 5.41 Å². The lowest BCUT2D eigenvalue weighted by molar-refractivity contribution is 0.150. The number of benzene rings is 1. The van der Waals surface area contributed by atoms with Gasteiger partial charge in [0.2, 0.25) is 0 Å². The van der Waals surface area contributed by atoms with E-state index in [2.05, 4.69) is 4.57 Å². The first-order valence-electron chi connectivity index (χ1n) is 8.06. The predicted octanol–water partition coefficient (Wildman–Crippen LogP) is 4.16. The molecule has 2 saturated carbocycles. The molecule has 1 N–H and O–H groups in total. The molecular weight excluding hydrogens is 301 g/mol. The maximum absolute atomic E-state index is 13.7. The van der Waals surface area contributed by atoms with E-state index in [1.165, 1.54) is 31.4 Å². The van der Waals surface area contributed by atoms with Gasteiger partial charge in [-0.15, -0.1) is 0 Å². The van der Waals surface area contributed by atoms with E-state index in [1.54, 1.807) is 0 Å². The molecule has 2 fully saturated rings. The Hall–Kier alpha value is -1.42. The summed E-state index contributed by atoms with van der Waals surface area (Å²) in [7, 11) is 0. The Morgan fingerprint density at radius 3 is 2.59 bits per heavy atom. The van der Waals surface area contributed by atoms with Gasteiger partial charge < -0.3 is 4.57 Å². The van der Waals surface area contributed by atoms with Crippen molar-refractivity contribution in [2.45, 2.75) is 44.1 Å². The van der Waals surface area contributed by atoms with Crippen LogP contribution in [0.1, 0.15) is 49.9 Å². The quantitative estimate of drug-likeness (QED) is 0.779. The monoisotopic (exact) mass is 317 g/mol. The third kappa shape index (κ3) is 1.67. The molecule has 0 spiro atoms. The fraction of sp³-hybridized carbons (Fsp3) is 0.529. The molecule has 4 bridgehead atoms. The molecule has 0 saturated heterocycles. The van der Waals surface area contributed by atoms with Crippen LogP contribution in [0, 0.1) is 23.1 Å². The molecule has 22 heavy (non-hydrogen) atoms. The number of hydrogen-bond donors (Lipinski definition) is 1. The second kappa shape index (κ2) is 4.31. The van der Waals surface area contributed by atoms with Gasteiger partial charge in [0.1, 0.15) is 17.1 Å². The summed E-state index contributed by atoms with van der Waals surface area (Å²) >= 11 is 6.22. The first-order chi connectivity index (χ1) is 10.6. The topological polar surface area (TPSA) is 41.7 Å². The van der Waals surface area contributed by atoms with Gasteiger partial charge in [0.05, 0.1) is 15.9 Å². The van der Waals surface area contributed by atoms with Crippen molar-refractivity contribution < 1.29 is 4.39 Å².